The molecule has 11 heteroatoms. The number of rotatable bonds is 3. The van der Waals surface area contributed by atoms with E-state index in [2.05, 4.69) is 0 Å². The van der Waals surface area contributed by atoms with Gasteiger partial charge >= 0.3 is 18.1 Å². The van der Waals surface area contributed by atoms with Crippen LogP contribution >= 0.6 is 23.5 Å². The largest absolute Gasteiger partial charge is 0.480 e. The molecular formula is C15H21F3N2O4S2. The maximum Gasteiger partial charge on any atom is 0.471 e. The van der Waals surface area contributed by atoms with Crippen LogP contribution in [0.5, 0.6) is 0 Å². The number of carbonyl (C=O) groups is 3. The van der Waals surface area contributed by atoms with Crippen LogP contribution in [-0.2, 0) is 14.4 Å². The number of carboxylic acid groups (broad SMARTS) is 1. The molecule has 2 N–H and O–H groups in total. The molecule has 2 heterocycles. The van der Waals surface area contributed by atoms with Crippen LogP contribution in [0.15, 0.2) is 0 Å². The number of carboxylic acids is 1. The van der Waals surface area contributed by atoms with Gasteiger partial charge in [0.15, 0.2) is 0 Å². The van der Waals surface area contributed by atoms with E-state index in [1.807, 2.05) is 0 Å². The average molecular weight is 414 g/mol. The molecule has 0 aromatic carbocycles. The number of hydrogen-bond donors (Lipinski definition) is 2. The van der Waals surface area contributed by atoms with E-state index >= 15 is 0 Å². The van der Waals surface area contributed by atoms with Gasteiger partial charge in [-0.2, -0.15) is 13.2 Å². The van der Waals surface area contributed by atoms with E-state index in [0.29, 0.717) is 0 Å². The normalized spacial score (nSPS) is 23.9. The highest BCUT2D eigenvalue weighted by atomic mass is 32.2. The number of alkyl halides is 3. The highest BCUT2D eigenvalue weighted by Gasteiger charge is 2.54. The lowest BCUT2D eigenvalue weighted by Gasteiger charge is -2.35. The van der Waals surface area contributed by atoms with Crippen LogP contribution in [0.4, 0.5) is 13.2 Å². The van der Waals surface area contributed by atoms with Crippen LogP contribution < -0.4 is 5.32 Å². The second-order valence-electron chi connectivity index (χ2n) is 7.40. The fourth-order valence-electron chi connectivity index (χ4n) is 3.02. The summed E-state index contributed by atoms with van der Waals surface area (Å²) in [6, 6.07) is -2.60. The van der Waals surface area contributed by atoms with Crippen LogP contribution in [0.3, 0.4) is 0 Å². The number of thioether (sulfide) groups is 2. The van der Waals surface area contributed by atoms with Gasteiger partial charge < -0.3 is 15.3 Å². The topological polar surface area (TPSA) is 86.7 Å². The van der Waals surface area contributed by atoms with E-state index in [-0.39, 0.29) is 13.0 Å². The lowest BCUT2D eigenvalue weighted by molar-refractivity contribution is -0.176. The number of carbonyl (C=O) groups excluding carboxylic acids is 2. The summed E-state index contributed by atoms with van der Waals surface area (Å²) >= 11 is 3.14. The summed E-state index contributed by atoms with van der Waals surface area (Å²) in [6.45, 7) is 4.69. The van der Waals surface area contributed by atoms with Gasteiger partial charge in [-0.1, -0.05) is 20.8 Å². The van der Waals surface area contributed by atoms with Crippen molar-refractivity contribution in [2.75, 3.05) is 18.1 Å². The zero-order chi connectivity index (χ0) is 19.9. The Morgan fingerprint density at radius 3 is 2.15 bits per heavy atom. The van der Waals surface area contributed by atoms with Crippen LogP contribution in [-0.4, -0.2) is 68.2 Å². The van der Waals surface area contributed by atoms with Crippen LogP contribution in [0, 0.1) is 5.41 Å². The number of amides is 2. The molecule has 0 aromatic heterocycles. The Bertz CT molecular complexity index is 601. The molecule has 1 spiro atoms. The van der Waals surface area contributed by atoms with Crippen LogP contribution in [0.25, 0.3) is 0 Å². The Balaban J connectivity index is 2.28. The van der Waals surface area contributed by atoms with Gasteiger partial charge in [-0.25, -0.2) is 4.79 Å². The summed E-state index contributed by atoms with van der Waals surface area (Å²) < 4.78 is 37.5. The van der Waals surface area contributed by atoms with Crippen LogP contribution in [0.2, 0.25) is 0 Å². The molecule has 2 atom stereocenters. The predicted octanol–water partition coefficient (Wildman–Crippen LogP) is 1.94. The molecule has 0 bridgehead atoms. The minimum Gasteiger partial charge on any atom is -0.480 e. The van der Waals surface area contributed by atoms with E-state index in [1.54, 1.807) is 28.8 Å². The molecule has 0 aromatic rings. The van der Waals surface area contributed by atoms with Crippen molar-refractivity contribution in [2.24, 2.45) is 5.41 Å². The standard InChI is InChI=1S/C15H21F3N2O4S2/c1-13(2,3)9(19-12(24)15(16,17)18)10(21)20-7-14(25-4-5-26-14)6-8(20)11(22)23/h8-9H,4-7H2,1-3H3,(H,19,24)(H,22,23)/t8-,9+/m0/s1. The lowest BCUT2D eigenvalue weighted by Crippen LogP contribution is -2.58. The minimum absolute atomic E-state index is 0.132. The second kappa shape index (κ2) is 7.14. The Hall–Kier alpha value is -1.10. The highest BCUT2D eigenvalue weighted by Crippen LogP contribution is 2.52. The minimum atomic E-state index is -5.13. The molecule has 0 unspecified atom stereocenters. The number of hydrogen-bond acceptors (Lipinski definition) is 5. The van der Waals surface area contributed by atoms with Gasteiger partial charge in [0.2, 0.25) is 5.91 Å². The summed E-state index contributed by atoms with van der Waals surface area (Å²) in [5.41, 5.74) is -1.02. The fourth-order valence-corrected chi connectivity index (χ4v) is 6.28. The molecule has 26 heavy (non-hydrogen) atoms. The maximum absolute atomic E-state index is 13.0. The third-order valence-electron chi connectivity index (χ3n) is 4.32. The Morgan fingerprint density at radius 1 is 1.19 bits per heavy atom. The summed E-state index contributed by atoms with van der Waals surface area (Å²) in [5.74, 6) is -2.55. The van der Waals surface area contributed by atoms with Gasteiger partial charge in [0.05, 0.1) is 4.08 Å². The SMILES string of the molecule is CC(C)(C)[C@H](NC(=O)C(F)(F)F)C(=O)N1CC2(C[C@H]1C(=O)O)SCCS2. The highest BCUT2D eigenvalue weighted by molar-refractivity contribution is 8.21. The van der Waals surface area contributed by atoms with Crippen molar-refractivity contribution in [1.82, 2.24) is 10.2 Å². The Kier molecular flexibility index (Phi) is 5.82. The molecule has 2 amide bonds. The first kappa shape index (κ1) is 21.2. The quantitative estimate of drug-likeness (QED) is 0.734. The van der Waals surface area contributed by atoms with Gasteiger partial charge in [0.25, 0.3) is 0 Å². The van der Waals surface area contributed by atoms with Crippen molar-refractivity contribution >= 4 is 41.3 Å². The summed E-state index contributed by atoms with van der Waals surface area (Å²) in [5, 5.41) is 11.2. The predicted molar refractivity (Wildman–Crippen MR) is 92.8 cm³/mol. The van der Waals surface area contributed by atoms with Crippen molar-refractivity contribution in [3.05, 3.63) is 0 Å². The lowest BCUT2D eigenvalue weighted by atomic mass is 9.85. The molecule has 148 valence electrons. The molecule has 6 nitrogen and oxygen atoms in total. The fraction of sp³-hybridized carbons (Fsp3) is 0.800. The van der Waals surface area contributed by atoms with Crippen molar-refractivity contribution in [1.29, 1.82) is 0 Å². The van der Waals surface area contributed by atoms with E-state index in [4.69, 9.17) is 0 Å². The van der Waals surface area contributed by atoms with Crippen molar-refractivity contribution in [2.45, 2.75) is 49.5 Å². The summed E-state index contributed by atoms with van der Waals surface area (Å²) in [4.78, 5) is 37.1. The molecule has 0 aliphatic carbocycles. The van der Waals surface area contributed by atoms with E-state index < -0.39 is 45.5 Å². The van der Waals surface area contributed by atoms with Gasteiger partial charge in [0.1, 0.15) is 12.1 Å². The molecule has 0 saturated carbocycles. The average Bonchev–Trinajstić information content (AvgIpc) is 3.09. The van der Waals surface area contributed by atoms with E-state index in [1.165, 1.54) is 20.8 Å². The first-order valence-electron chi connectivity index (χ1n) is 7.96. The maximum atomic E-state index is 13.0. The molecule has 2 fully saturated rings. The van der Waals surface area contributed by atoms with Gasteiger partial charge in [-0.3, -0.25) is 9.59 Å². The summed E-state index contributed by atoms with van der Waals surface area (Å²) in [7, 11) is 0. The smallest absolute Gasteiger partial charge is 0.471 e. The third-order valence-corrected chi connectivity index (χ3v) is 7.75. The monoisotopic (exact) mass is 414 g/mol. The number of aliphatic carboxylic acids is 1. The molecule has 2 saturated heterocycles. The molecule has 2 aliphatic rings. The van der Waals surface area contributed by atoms with Crippen molar-refractivity contribution < 1.29 is 32.7 Å². The Morgan fingerprint density at radius 2 is 1.73 bits per heavy atom. The first-order valence-corrected chi connectivity index (χ1v) is 9.93. The number of nitrogens with one attached hydrogen (secondary N) is 1. The zero-order valence-electron chi connectivity index (χ0n) is 14.6. The molecule has 2 aliphatic heterocycles. The summed E-state index contributed by atoms with van der Waals surface area (Å²) in [6.07, 6.45) is -4.90. The van der Waals surface area contributed by atoms with Crippen LogP contribution in [0.1, 0.15) is 27.2 Å². The van der Waals surface area contributed by atoms with E-state index in [0.717, 1.165) is 16.4 Å². The molecule has 0 radical (unpaired) electrons. The van der Waals surface area contributed by atoms with Gasteiger partial charge in [0, 0.05) is 24.5 Å². The van der Waals surface area contributed by atoms with E-state index in [9.17, 15) is 32.7 Å². The molecule has 2 rings (SSSR count). The first-order chi connectivity index (χ1) is 11.8. The second-order valence-corrected chi connectivity index (χ2v) is 10.6. The van der Waals surface area contributed by atoms with Crippen molar-refractivity contribution in [3.63, 3.8) is 0 Å². The zero-order valence-corrected chi connectivity index (χ0v) is 16.2. The van der Waals surface area contributed by atoms with Gasteiger partial charge in [-0.05, 0) is 5.41 Å². The molecular weight excluding hydrogens is 393 g/mol. The third kappa shape index (κ3) is 4.41. The number of halogens is 3. The van der Waals surface area contributed by atoms with Crippen molar-refractivity contribution in [3.8, 4) is 0 Å². The Labute approximate surface area is 157 Å². The number of nitrogens with zero attached hydrogens (tertiary/aromatic N) is 1. The number of likely N-dealkylation sites (tertiary alicyclic amines) is 1. The van der Waals surface area contributed by atoms with Gasteiger partial charge in [-0.15, -0.1) is 23.5 Å².